The zero-order valence-corrected chi connectivity index (χ0v) is 21.0. The summed E-state index contributed by atoms with van der Waals surface area (Å²) in [4.78, 5) is 19.1. The first-order chi connectivity index (χ1) is 17.4. The number of esters is 1. The van der Waals surface area contributed by atoms with Gasteiger partial charge in [-0.05, 0) is 43.9 Å². The molecule has 1 aromatic carbocycles. The number of carbonyl (C=O) groups is 1. The van der Waals surface area contributed by atoms with E-state index in [9.17, 15) is 4.79 Å². The van der Waals surface area contributed by atoms with Gasteiger partial charge in [0.05, 0.1) is 44.7 Å². The number of alkyl halides is 1. The molecule has 1 aliphatic heterocycles. The zero-order valence-electron chi connectivity index (χ0n) is 21.0. The van der Waals surface area contributed by atoms with Gasteiger partial charge in [-0.2, -0.15) is 0 Å². The van der Waals surface area contributed by atoms with Crippen molar-refractivity contribution >= 4 is 28.9 Å². The second-order valence-electron chi connectivity index (χ2n) is 9.50. The Balaban J connectivity index is 1.74. The molecular weight excluding hydrogens is 463 g/mol. The summed E-state index contributed by atoms with van der Waals surface area (Å²) in [6.07, 6.45) is 3.95. The van der Waals surface area contributed by atoms with Gasteiger partial charge < -0.3 is 29.8 Å². The summed E-state index contributed by atoms with van der Waals surface area (Å²) in [7, 11) is 2.89. The Morgan fingerprint density at radius 3 is 2.67 bits per heavy atom. The van der Waals surface area contributed by atoms with Gasteiger partial charge in [-0.25, -0.2) is 14.2 Å². The molecule has 1 atom stereocenters. The van der Waals surface area contributed by atoms with Gasteiger partial charge in [-0.15, -0.1) is 0 Å². The molecule has 0 radical (unpaired) electrons. The Morgan fingerprint density at radius 1 is 1.22 bits per heavy atom. The first-order valence-corrected chi connectivity index (χ1v) is 12.5. The fourth-order valence-electron chi connectivity index (χ4n) is 4.71. The molecule has 194 valence electrons. The first kappa shape index (κ1) is 26.0. The average molecular weight is 499 g/mol. The Hall–Kier alpha value is -3.04. The molecule has 8 nitrogen and oxygen atoms in total. The summed E-state index contributed by atoms with van der Waals surface area (Å²) in [5.74, 6) is -0.0639. The highest BCUT2D eigenvalue weighted by Crippen LogP contribution is 2.39. The average Bonchev–Trinajstić information content (AvgIpc) is 2.85. The number of nitrogens with one attached hydrogen (secondary N) is 2. The second-order valence-corrected chi connectivity index (χ2v) is 9.50. The van der Waals surface area contributed by atoms with E-state index in [1.165, 1.54) is 7.11 Å². The summed E-state index contributed by atoms with van der Waals surface area (Å²) in [6, 6.07) is 11.1. The van der Waals surface area contributed by atoms with Crippen molar-refractivity contribution in [2.45, 2.75) is 37.8 Å². The number of hydrogen-bond acceptors (Lipinski definition) is 8. The predicted octanol–water partition coefficient (Wildman–Crippen LogP) is 4.75. The molecule has 9 heteroatoms. The van der Waals surface area contributed by atoms with Crippen molar-refractivity contribution in [2.75, 3.05) is 57.3 Å². The van der Waals surface area contributed by atoms with Crippen LogP contribution in [0.5, 0.6) is 0 Å². The lowest BCUT2D eigenvalue weighted by atomic mass is 9.78. The van der Waals surface area contributed by atoms with Crippen molar-refractivity contribution in [3.63, 3.8) is 0 Å². The van der Waals surface area contributed by atoms with Crippen molar-refractivity contribution in [3.8, 4) is 0 Å². The minimum atomic E-state index is -1.55. The van der Waals surface area contributed by atoms with E-state index < -0.39 is 11.6 Å². The molecule has 0 spiro atoms. The molecule has 0 amide bonds. The van der Waals surface area contributed by atoms with Gasteiger partial charge in [-0.1, -0.05) is 24.6 Å². The van der Waals surface area contributed by atoms with Crippen molar-refractivity contribution < 1.29 is 23.4 Å². The Kier molecular flexibility index (Phi) is 8.53. The quantitative estimate of drug-likeness (QED) is 0.262. The number of anilines is 3. The highest BCUT2D eigenvalue weighted by Gasteiger charge is 2.38. The standard InChI is InChI=1S/C27H35FN4O4/c1-34-14-15-36-18-27(28)12-7-13-32(17-27)22-16-21(26(33)35-2)31-25(30-20-10-4-3-5-11-20)23(22)24(29)19-8-6-9-19/h3-5,10-11,16,19,29H,6-9,12-15,17-18H2,1-2H3,(H,30,31). The third-order valence-electron chi connectivity index (χ3n) is 6.87. The van der Waals surface area contributed by atoms with Gasteiger partial charge in [0.2, 0.25) is 0 Å². The monoisotopic (exact) mass is 498 g/mol. The van der Waals surface area contributed by atoms with E-state index in [1.807, 2.05) is 35.2 Å². The summed E-state index contributed by atoms with van der Waals surface area (Å²) >= 11 is 0. The van der Waals surface area contributed by atoms with Crippen LogP contribution in [0.1, 0.15) is 48.2 Å². The van der Waals surface area contributed by atoms with Crippen LogP contribution in [0.4, 0.5) is 21.6 Å². The summed E-state index contributed by atoms with van der Waals surface area (Å²) in [5.41, 5.74) is 1.04. The summed E-state index contributed by atoms with van der Waals surface area (Å²) in [6.45, 7) is 1.40. The molecule has 1 aromatic heterocycles. The molecule has 2 aliphatic rings. The number of rotatable bonds is 11. The molecule has 2 fully saturated rings. The highest BCUT2D eigenvalue weighted by atomic mass is 19.1. The number of benzene rings is 1. The molecule has 36 heavy (non-hydrogen) atoms. The van der Waals surface area contributed by atoms with Crippen molar-refractivity contribution in [1.29, 1.82) is 5.41 Å². The minimum absolute atomic E-state index is 0.0354. The zero-order chi connectivity index (χ0) is 25.5. The van der Waals surface area contributed by atoms with Crippen LogP contribution in [0.15, 0.2) is 36.4 Å². The van der Waals surface area contributed by atoms with Crippen LogP contribution in [0.3, 0.4) is 0 Å². The molecule has 1 aliphatic carbocycles. The van der Waals surface area contributed by atoms with E-state index in [4.69, 9.17) is 19.6 Å². The number of carbonyl (C=O) groups excluding carboxylic acids is 1. The number of pyridine rings is 1. The second kappa shape index (κ2) is 11.8. The van der Waals surface area contributed by atoms with Crippen LogP contribution in [0.25, 0.3) is 0 Å². The van der Waals surface area contributed by atoms with Crippen molar-refractivity contribution in [2.24, 2.45) is 5.92 Å². The third kappa shape index (κ3) is 6.02. The number of aromatic nitrogens is 1. The van der Waals surface area contributed by atoms with Crippen LogP contribution >= 0.6 is 0 Å². The largest absolute Gasteiger partial charge is 0.464 e. The van der Waals surface area contributed by atoms with Gasteiger partial charge in [0.15, 0.2) is 11.4 Å². The Morgan fingerprint density at radius 2 is 2.00 bits per heavy atom. The lowest BCUT2D eigenvalue weighted by Crippen LogP contribution is -2.49. The maximum Gasteiger partial charge on any atom is 0.356 e. The molecule has 2 aromatic rings. The first-order valence-electron chi connectivity index (χ1n) is 12.5. The van der Waals surface area contributed by atoms with Gasteiger partial charge in [0.25, 0.3) is 0 Å². The van der Waals surface area contributed by atoms with Crippen molar-refractivity contribution in [3.05, 3.63) is 47.7 Å². The van der Waals surface area contributed by atoms with E-state index >= 15 is 4.39 Å². The van der Waals surface area contributed by atoms with Crippen molar-refractivity contribution in [1.82, 2.24) is 4.98 Å². The SMILES string of the molecule is COCCOCC1(F)CCCN(c2cc(C(=O)OC)nc(Nc3ccccc3)c2C(=N)C2CCC2)C1. The molecule has 1 saturated heterocycles. The van der Waals surface area contributed by atoms with E-state index in [-0.39, 0.29) is 24.8 Å². The molecule has 4 rings (SSSR count). The van der Waals surface area contributed by atoms with Crippen LogP contribution in [-0.4, -0.2) is 69.5 Å². The number of methoxy groups -OCH3 is 2. The van der Waals surface area contributed by atoms with Gasteiger partial charge in [0, 0.05) is 31.0 Å². The molecule has 1 saturated carbocycles. The molecule has 0 bridgehead atoms. The highest BCUT2D eigenvalue weighted by molar-refractivity contribution is 6.10. The Labute approximate surface area is 211 Å². The lowest BCUT2D eigenvalue weighted by molar-refractivity contribution is -0.0110. The number of hydrogen-bond donors (Lipinski definition) is 2. The number of nitrogens with zero attached hydrogens (tertiary/aromatic N) is 2. The maximum atomic E-state index is 15.9. The predicted molar refractivity (Wildman–Crippen MR) is 137 cm³/mol. The third-order valence-corrected chi connectivity index (χ3v) is 6.87. The number of para-hydroxylation sites is 1. The smallest absolute Gasteiger partial charge is 0.356 e. The fraction of sp³-hybridized carbons (Fsp3) is 0.519. The number of ether oxygens (including phenoxy) is 3. The molecular formula is C27H35FN4O4. The van der Waals surface area contributed by atoms with Crippen LogP contribution < -0.4 is 10.2 Å². The number of halogens is 1. The maximum absolute atomic E-state index is 15.9. The van der Waals surface area contributed by atoms with Gasteiger partial charge in [0.1, 0.15) is 5.82 Å². The van der Waals surface area contributed by atoms with Crippen LogP contribution in [0.2, 0.25) is 0 Å². The summed E-state index contributed by atoms with van der Waals surface area (Å²) < 4.78 is 31.4. The van der Waals surface area contributed by atoms with Gasteiger partial charge in [-0.3, -0.25) is 0 Å². The fourth-order valence-corrected chi connectivity index (χ4v) is 4.71. The molecule has 2 N–H and O–H groups in total. The Bertz CT molecular complexity index is 1060. The van der Waals surface area contributed by atoms with Crippen LogP contribution in [0, 0.1) is 11.3 Å². The topological polar surface area (TPSA) is 96.8 Å². The van der Waals surface area contributed by atoms with Crippen LogP contribution in [-0.2, 0) is 14.2 Å². The minimum Gasteiger partial charge on any atom is -0.464 e. The lowest BCUT2D eigenvalue weighted by Gasteiger charge is -2.40. The number of piperidine rings is 1. The molecule has 1 unspecified atom stereocenters. The van der Waals surface area contributed by atoms with E-state index in [0.29, 0.717) is 55.4 Å². The van der Waals surface area contributed by atoms with E-state index in [2.05, 4.69) is 10.3 Å². The van der Waals surface area contributed by atoms with Gasteiger partial charge >= 0.3 is 5.97 Å². The normalized spacial score (nSPS) is 20.0. The van der Waals surface area contributed by atoms with E-state index in [0.717, 1.165) is 24.9 Å². The molecule has 2 heterocycles. The van der Waals surface area contributed by atoms with E-state index in [1.54, 1.807) is 13.2 Å². The summed E-state index contributed by atoms with van der Waals surface area (Å²) in [5, 5.41) is 12.4.